The third kappa shape index (κ3) is 3.72. The van der Waals surface area contributed by atoms with Gasteiger partial charge in [-0.3, -0.25) is 4.79 Å². The fourth-order valence-corrected chi connectivity index (χ4v) is 3.70. The van der Waals surface area contributed by atoms with Gasteiger partial charge in [0.2, 0.25) is 0 Å². The molecule has 24 heavy (non-hydrogen) atoms. The lowest BCUT2D eigenvalue weighted by molar-refractivity contribution is 0.0600. The zero-order chi connectivity index (χ0) is 16.9. The molecule has 2 heterocycles. The number of thiophene rings is 2. The standard InChI is InChI=1S/C18H15NO3S2/c1-22-18(21)13-4-2-12(3-5-13)17(20)19-9-16-8-15(11-24-16)14-6-7-23-10-14/h2-8,10-11H,9H2,1H3,(H,19,20). The summed E-state index contributed by atoms with van der Waals surface area (Å²) in [4.78, 5) is 24.7. The molecule has 0 unspecified atom stereocenters. The van der Waals surface area contributed by atoms with Gasteiger partial charge in [-0.25, -0.2) is 4.79 Å². The molecule has 1 N–H and O–H groups in total. The smallest absolute Gasteiger partial charge is 0.337 e. The van der Waals surface area contributed by atoms with Crippen LogP contribution in [0, 0.1) is 0 Å². The van der Waals surface area contributed by atoms with E-state index < -0.39 is 5.97 Å². The van der Waals surface area contributed by atoms with E-state index in [0.717, 1.165) is 4.88 Å². The van der Waals surface area contributed by atoms with Crippen LogP contribution in [0.25, 0.3) is 11.1 Å². The van der Waals surface area contributed by atoms with Crippen molar-refractivity contribution in [2.45, 2.75) is 6.54 Å². The lowest BCUT2D eigenvalue weighted by atomic mass is 10.1. The van der Waals surface area contributed by atoms with Crippen LogP contribution < -0.4 is 5.32 Å². The number of amides is 1. The van der Waals surface area contributed by atoms with Gasteiger partial charge >= 0.3 is 5.97 Å². The average molecular weight is 357 g/mol. The number of methoxy groups -OCH3 is 1. The molecule has 2 aromatic heterocycles. The topological polar surface area (TPSA) is 55.4 Å². The fourth-order valence-electron chi connectivity index (χ4n) is 2.20. The minimum atomic E-state index is -0.415. The summed E-state index contributed by atoms with van der Waals surface area (Å²) in [5.41, 5.74) is 3.31. The normalized spacial score (nSPS) is 10.4. The number of esters is 1. The summed E-state index contributed by atoms with van der Waals surface area (Å²) < 4.78 is 4.64. The minimum Gasteiger partial charge on any atom is -0.465 e. The number of rotatable bonds is 5. The summed E-state index contributed by atoms with van der Waals surface area (Å²) >= 11 is 3.29. The van der Waals surface area contributed by atoms with E-state index in [9.17, 15) is 9.59 Å². The zero-order valence-corrected chi connectivity index (χ0v) is 14.6. The van der Waals surface area contributed by atoms with Gasteiger partial charge in [0.25, 0.3) is 5.91 Å². The van der Waals surface area contributed by atoms with Gasteiger partial charge in [-0.2, -0.15) is 11.3 Å². The number of carbonyl (C=O) groups is 2. The summed E-state index contributed by atoms with van der Waals surface area (Å²) in [7, 11) is 1.33. The Hall–Kier alpha value is -2.44. The van der Waals surface area contributed by atoms with Crippen LogP contribution >= 0.6 is 22.7 Å². The number of hydrogen-bond donors (Lipinski definition) is 1. The first-order chi connectivity index (χ1) is 11.7. The Morgan fingerprint density at radius 1 is 1.04 bits per heavy atom. The molecule has 0 aliphatic heterocycles. The first kappa shape index (κ1) is 16.4. The Labute approximate surface area is 147 Å². The van der Waals surface area contributed by atoms with Crippen LogP contribution in [-0.4, -0.2) is 19.0 Å². The molecular weight excluding hydrogens is 342 g/mol. The highest BCUT2D eigenvalue weighted by molar-refractivity contribution is 7.10. The quantitative estimate of drug-likeness (QED) is 0.697. The predicted molar refractivity (Wildman–Crippen MR) is 96.6 cm³/mol. The van der Waals surface area contributed by atoms with E-state index >= 15 is 0 Å². The van der Waals surface area contributed by atoms with Crippen molar-refractivity contribution in [1.29, 1.82) is 0 Å². The number of hydrogen-bond acceptors (Lipinski definition) is 5. The van der Waals surface area contributed by atoms with E-state index in [1.807, 2.05) is 5.38 Å². The SMILES string of the molecule is COC(=O)c1ccc(C(=O)NCc2cc(-c3ccsc3)cs2)cc1. The summed E-state index contributed by atoms with van der Waals surface area (Å²) in [6.07, 6.45) is 0. The molecule has 4 nitrogen and oxygen atoms in total. The molecule has 0 radical (unpaired) electrons. The molecule has 0 fully saturated rings. The van der Waals surface area contributed by atoms with Crippen molar-refractivity contribution in [2.24, 2.45) is 0 Å². The molecule has 0 aliphatic carbocycles. The summed E-state index contributed by atoms with van der Waals surface area (Å²) in [6, 6.07) is 10.6. The lowest BCUT2D eigenvalue weighted by Crippen LogP contribution is -2.22. The fraction of sp³-hybridized carbons (Fsp3) is 0.111. The van der Waals surface area contributed by atoms with Gasteiger partial charge < -0.3 is 10.1 Å². The summed E-state index contributed by atoms with van der Waals surface area (Å²) in [6.45, 7) is 0.479. The third-order valence-electron chi connectivity index (χ3n) is 3.50. The Kier molecular flexibility index (Phi) is 5.08. The molecule has 3 rings (SSSR count). The molecule has 1 aromatic carbocycles. The molecule has 1 amide bonds. The molecule has 6 heteroatoms. The Balaban J connectivity index is 1.60. The van der Waals surface area contributed by atoms with E-state index in [2.05, 4.69) is 32.9 Å². The van der Waals surface area contributed by atoms with Crippen LogP contribution in [0.3, 0.4) is 0 Å². The van der Waals surface area contributed by atoms with Crippen LogP contribution in [0.1, 0.15) is 25.6 Å². The molecule has 0 saturated carbocycles. The van der Waals surface area contributed by atoms with Crippen LogP contribution in [0.4, 0.5) is 0 Å². The van der Waals surface area contributed by atoms with Gasteiger partial charge in [0.05, 0.1) is 19.2 Å². The summed E-state index contributed by atoms with van der Waals surface area (Å²) in [5, 5.41) is 9.14. The van der Waals surface area contributed by atoms with Gasteiger partial charge in [-0.05, 0) is 63.7 Å². The van der Waals surface area contributed by atoms with Crippen molar-refractivity contribution in [1.82, 2.24) is 5.32 Å². The first-order valence-electron chi connectivity index (χ1n) is 7.24. The Bertz CT molecular complexity index is 836. The van der Waals surface area contributed by atoms with Crippen LogP contribution in [0.2, 0.25) is 0 Å². The largest absolute Gasteiger partial charge is 0.465 e. The maximum absolute atomic E-state index is 12.2. The van der Waals surface area contributed by atoms with E-state index in [1.54, 1.807) is 46.9 Å². The second-order valence-electron chi connectivity index (χ2n) is 5.07. The highest BCUT2D eigenvalue weighted by Gasteiger charge is 2.09. The number of benzene rings is 1. The van der Waals surface area contributed by atoms with Crippen LogP contribution in [-0.2, 0) is 11.3 Å². The van der Waals surface area contributed by atoms with Crippen LogP contribution in [0.5, 0.6) is 0 Å². The van der Waals surface area contributed by atoms with Crippen LogP contribution in [0.15, 0.2) is 52.5 Å². The molecule has 3 aromatic rings. The zero-order valence-electron chi connectivity index (χ0n) is 12.9. The number of nitrogens with one attached hydrogen (secondary N) is 1. The summed E-state index contributed by atoms with van der Waals surface area (Å²) in [5.74, 6) is -0.585. The second-order valence-corrected chi connectivity index (χ2v) is 6.84. The maximum atomic E-state index is 12.2. The predicted octanol–water partition coefficient (Wildman–Crippen LogP) is 4.19. The van der Waals surface area contributed by atoms with E-state index in [0.29, 0.717) is 17.7 Å². The average Bonchev–Trinajstić information content (AvgIpc) is 3.30. The van der Waals surface area contributed by atoms with Gasteiger partial charge in [-0.1, -0.05) is 0 Å². The molecular formula is C18H15NO3S2. The number of ether oxygens (including phenoxy) is 1. The molecule has 122 valence electrons. The Morgan fingerprint density at radius 2 is 1.79 bits per heavy atom. The van der Waals surface area contributed by atoms with Crippen molar-refractivity contribution in [3.8, 4) is 11.1 Å². The van der Waals surface area contributed by atoms with Crippen molar-refractivity contribution in [3.63, 3.8) is 0 Å². The third-order valence-corrected chi connectivity index (χ3v) is 5.12. The molecule has 0 bridgehead atoms. The maximum Gasteiger partial charge on any atom is 0.337 e. The van der Waals surface area contributed by atoms with E-state index in [1.165, 1.54) is 18.2 Å². The van der Waals surface area contributed by atoms with Crippen molar-refractivity contribution in [2.75, 3.05) is 7.11 Å². The lowest BCUT2D eigenvalue weighted by Gasteiger charge is -2.04. The van der Waals surface area contributed by atoms with Gasteiger partial charge in [0.1, 0.15) is 0 Å². The molecule has 0 saturated heterocycles. The van der Waals surface area contributed by atoms with Gasteiger partial charge in [0.15, 0.2) is 0 Å². The van der Waals surface area contributed by atoms with E-state index in [4.69, 9.17) is 0 Å². The van der Waals surface area contributed by atoms with Crippen molar-refractivity contribution < 1.29 is 14.3 Å². The second kappa shape index (κ2) is 7.42. The van der Waals surface area contributed by atoms with E-state index in [-0.39, 0.29) is 5.91 Å². The van der Waals surface area contributed by atoms with Crippen molar-refractivity contribution in [3.05, 3.63) is 68.5 Å². The van der Waals surface area contributed by atoms with Crippen molar-refractivity contribution >= 4 is 34.6 Å². The minimum absolute atomic E-state index is 0.170. The number of carbonyl (C=O) groups excluding carboxylic acids is 2. The monoisotopic (exact) mass is 357 g/mol. The molecule has 0 aliphatic rings. The highest BCUT2D eigenvalue weighted by Crippen LogP contribution is 2.27. The molecule has 0 atom stereocenters. The van der Waals surface area contributed by atoms with Gasteiger partial charge in [0, 0.05) is 10.4 Å². The Morgan fingerprint density at radius 3 is 2.46 bits per heavy atom. The van der Waals surface area contributed by atoms with Gasteiger partial charge in [-0.15, -0.1) is 11.3 Å². The first-order valence-corrected chi connectivity index (χ1v) is 9.06. The highest BCUT2D eigenvalue weighted by atomic mass is 32.1. The molecule has 0 spiro atoms.